The Morgan fingerprint density at radius 3 is 2.57 bits per heavy atom. The minimum atomic E-state index is -3.57. The number of aryl methyl sites for hydroxylation is 1. The van der Waals surface area contributed by atoms with Crippen molar-refractivity contribution in [3.8, 4) is 6.07 Å². The van der Waals surface area contributed by atoms with Gasteiger partial charge in [-0.25, -0.2) is 8.42 Å². The van der Waals surface area contributed by atoms with Crippen molar-refractivity contribution in [2.75, 3.05) is 19.6 Å². The Kier molecular flexibility index (Phi) is 7.49. The van der Waals surface area contributed by atoms with Crippen molar-refractivity contribution in [1.29, 1.82) is 5.26 Å². The van der Waals surface area contributed by atoms with Gasteiger partial charge in [-0.15, -0.1) is 12.4 Å². The summed E-state index contributed by atoms with van der Waals surface area (Å²) in [6, 6.07) is 6.92. The Morgan fingerprint density at radius 1 is 1.35 bits per heavy atom. The van der Waals surface area contributed by atoms with Crippen LogP contribution in [0.4, 0.5) is 0 Å². The first-order valence-electron chi connectivity index (χ1n) is 7.74. The van der Waals surface area contributed by atoms with Gasteiger partial charge in [0.2, 0.25) is 10.0 Å². The summed E-state index contributed by atoms with van der Waals surface area (Å²) in [5.41, 5.74) is 1.07. The van der Waals surface area contributed by atoms with E-state index in [1.807, 2.05) is 13.0 Å². The number of nitrogens with one attached hydrogen (secondary N) is 1. The van der Waals surface area contributed by atoms with Crippen LogP contribution in [0.25, 0.3) is 0 Å². The zero-order chi connectivity index (χ0) is 16.2. The number of nitriles is 1. The maximum atomic E-state index is 13.1. The number of benzene rings is 1. The molecule has 0 aromatic heterocycles. The molecule has 1 aliphatic heterocycles. The molecule has 0 bridgehead atoms. The summed E-state index contributed by atoms with van der Waals surface area (Å²) < 4.78 is 27.8. The maximum absolute atomic E-state index is 13.1. The molecule has 0 radical (unpaired) electrons. The summed E-state index contributed by atoms with van der Waals surface area (Å²) in [5, 5.41) is 12.3. The quantitative estimate of drug-likeness (QED) is 0.878. The van der Waals surface area contributed by atoms with Crippen LogP contribution in [0, 0.1) is 18.3 Å². The van der Waals surface area contributed by atoms with Crippen LogP contribution in [0.5, 0.6) is 0 Å². The number of hydrogen-bond acceptors (Lipinski definition) is 4. The minimum Gasteiger partial charge on any atom is -0.317 e. The molecule has 7 heteroatoms. The molecule has 1 aromatic rings. The first-order chi connectivity index (χ1) is 10.5. The van der Waals surface area contributed by atoms with Gasteiger partial charge in [0.25, 0.3) is 0 Å². The number of rotatable bonds is 5. The molecule has 2 rings (SSSR count). The first-order valence-corrected chi connectivity index (χ1v) is 9.18. The van der Waals surface area contributed by atoms with E-state index in [1.165, 1.54) is 6.07 Å². The molecule has 0 spiro atoms. The lowest BCUT2D eigenvalue weighted by molar-refractivity contribution is 0.262. The van der Waals surface area contributed by atoms with E-state index in [4.69, 9.17) is 5.26 Å². The largest absolute Gasteiger partial charge is 0.317 e. The van der Waals surface area contributed by atoms with Crippen LogP contribution >= 0.6 is 12.4 Å². The summed E-state index contributed by atoms with van der Waals surface area (Å²) in [4.78, 5) is 0.263. The second-order valence-electron chi connectivity index (χ2n) is 5.69. The van der Waals surface area contributed by atoms with Gasteiger partial charge < -0.3 is 5.32 Å². The molecule has 23 heavy (non-hydrogen) atoms. The molecule has 1 aliphatic rings. The second-order valence-corrected chi connectivity index (χ2v) is 7.55. The van der Waals surface area contributed by atoms with E-state index in [2.05, 4.69) is 5.32 Å². The van der Waals surface area contributed by atoms with Gasteiger partial charge in [-0.1, -0.05) is 13.0 Å². The number of hydrogen-bond donors (Lipinski definition) is 1. The fraction of sp³-hybridized carbons (Fsp3) is 0.562. The number of piperidine rings is 1. The van der Waals surface area contributed by atoms with Crippen molar-refractivity contribution in [2.45, 2.75) is 44.0 Å². The molecular weight excluding hydrogens is 334 g/mol. The lowest BCUT2D eigenvalue weighted by atomic mass is 10.1. The van der Waals surface area contributed by atoms with Crippen molar-refractivity contribution in [3.63, 3.8) is 0 Å². The second kappa shape index (κ2) is 8.65. The highest BCUT2D eigenvalue weighted by Crippen LogP contribution is 2.26. The third-order valence-corrected chi connectivity index (χ3v) is 6.16. The molecule has 0 saturated carbocycles. The molecule has 1 aromatic carbocycles. The van der Waals surface area contributed by atoms with Crippen LogP contribution in [-0.4, -0.2) is 38.4 Å². The maximum Gasteiger partial charge on any atom is 0.243 e. The van der Waals surface area contributed by atoms with Gasteiger partial charge in [-0.3, -0.25) is 0 Å². The van der Waals surface area contributed by atoms with Crippen LogP contribution in [-0.2, 0) is 10.0 Å². The van der Waals surface area contributed by atoms with Crippen LogP contribution in [0.2, 0.25) is 0 Å². The predicted molar refractivity (Wildman–Crippen MR) is 93.2 cm³/mol. The average Bonchev–Trinajstić information content (AvgIpc) is 2.53. The van der Waals surface area contributed by atoms with Crippen molar-refractivity contribution in [1.82, 2.24) is 9.62 Å². The zero-order valence-corrected chi connectivity index (χ0v) is 15.2. The monoisotopic (exact) mass is 357 g/mol. The van der Waals surface area contributed by atoms with E-state index in [-0.39, 0.29) is 23.3 Å². The highest BCUT2D eigenvalue weighted by molar-refractivity contribution is 7.89. The van der Waals surface area contributed by atoms with Crippen molar-refractivity contribution >= 4 is 22.4 Å². The van der Waals surface area contributed by atoms with E-state index in [0.29, 0.717) is 17.7 Å². The van der Waals surface area contributed by atoms with Crippen LogP contribution in [0.15, 0.2) is 23.1 Å². The number of nitrogens with zero attached hydrogens (tertiary/aromatic N) is 2. The Morgan fingerprint density at radius 2 is 2.00 bits per heavy atom. The molecule has 128 valence electrons. The van der Waals surface area contributed by atoms with Crippen LogP contribution < -0.4 is 5.32 Å². The molecule has 0 amide bonds. The Hall–Kier alpha value is -1.13. The van der Waals surface area contributed by atoms with E-state index in [9.17, 15) is 8.42 Å². The highest BCUT2D eigenvalue weighted by atomic mass is 35.5. The first kappa shape index (κ1) is 19.9. The van der Waals surface area contributed by atoms with Crippen LogP contribution in [0.1, 0.15) is 37.3 Å². The zero-order valence-electron chi connectivity index (χ0n) is 13.6. The van der Waals surface area contributed by atoms with E-state index in [0.717, 1.165) is 32.4 Å². The molecule has 0 aliphatic carbocycles. The highest BCUT2D eigenvalue weighted by Gasteiger charge is 2.32. The SMILES string of the molecule is CCCN(C1CCNCC1)S(=O)(=O)c1cc(C#N)ccc1C.Cl. The van der Waals surface area contributed by atoms with E-state index < -0.39 is 10.0 Å². The summed E-state index contributed by atoms with van der Waals surface area (Å²) in [5.74, 6) is 0. The molecule has 1 saturated heterocycles. The van der Waals surface area contributed by atoms with E-state index >= 15 is 0 Å². The topological polar surface area (TPSA) is 73.2 Å². The molecule has 0 unspecified atom stereocenters. The lowest BCUT2D eigenvalue weighted by Crippen LogP contribution is -2.46. The Labute approximate surface area is 145 Å². The van der Waals surface area contributed by atoms with Gasteiger partial charge in [-0.05, 0) is 57.0 Å². The number of halogens is 1. The normalized spacial score (nSPS) is 15.9. The van der Waals surface area contributed by atoms with Crippen molar-refractivity contribution < 1.29 is 8.42 Å². The van der Waals surface area contributed by atoms with Gasteiger partial charge in [-0.2, -0.15) is 9.57 Å². The summed E-state index contributed by atoms with van der Waals surface area (Å²) in [7, 11) is -3.57. The van der Waals surface area contributed by atoms with Gasteiger partial charge in [0, 0.05) is 12.6 Å². The smallest absolute Gasteiger partial charge is 0.243 e. The standard InChI is InChI=1S/C16H23N3O2S.ClH/c1-3-10-19(15-6-8-18-9-7-15)22(20,21)16-11-14(12-17)5-4-13(16)2;/h4-5,11,15,18H,3,6-10H2,1-2H3;1H. The predicted octanol–water partition coefficient (Wildman–Crippen LogP) is 2.44. The lowest BCUT2D eigenvalue weighted by Gasteiger charge is -2.34. The third kappa shape index (κ3) is 4.45. The van der Waals surface area contributed by atoms with Crippen molar-refractivity contribution in [2.24, 2.45) is 0 Å². The molecule has 1 N–H and O–H groups in total. The summed E-state index contributed by atoms with van der Waals surface area (Å²) in [6.45, 7) is 5.97. The summed E-state index contributed by atoms with van der Waals surface area (Å²) in [6.07, 6.45) is 2.44. The Balaban J connectivity index is 0.00000264. The fourth-order valence-electron chi connectivity index (χ4n) is 2.89. The average molecular weight is 358 g/mol. The van der Waals surface area contributed by atoms with Crippen LogP contribution in [0.3, 0.4) is 0 Å². The van der Waals surface area contributed by atoms with Gasteiger partial charge in [0.1, 0.15) is 0 Å². The van der Waals surface area contributed by atoms with Crippen molar-refractivity contribution in [3.05, 3.63) is 29.3 Å². The van der Waals surface area contributed by atoms with Gasteiger partial charge >= 0.3 is 0 Å². The summed E-state index contributed by atoms with van der Waals surface area (Å²) >= 11 is 0. The molecule has 1 fully saturated rings. The Bertz CT molecular complexity index is 664. The molecule has 5 nitrogen and oxygen atoms in total. The van der Waals surface area contributed by atoms with E-state index in [1.54, 1.807) is 23.4 Å². The van der Waals surface area contributed by atoms with Gasteiger partial charge in [0.05, 0.1) is 16.5 Å². The fourth-order valence-corrected chi connectivity index (χ4v) is 4.92. The molecule has 1 heterocycles. The molecule has 0 atom stereocenters. The third-order valence-electron chi connectivity index (χ3n) is 4.06. The minimum absolute atomic E-state index is 0. The number of sulfonamides is 1. The molecular formula is C16H24ClN3O2S. The van der Waals surface area contributed by atoms with Gasteiger partial charge in [0.15, 0.2) is 0 Å².